The van der Waals surface area contributed by atoms with Gasteiger partial charge in [-0.05, 0) is 62.2 Å². The molecule has 1 fully saturated rings. The highest BCUT2D eigenvalue weighted by molar-refractivity contribution is 7.71. The second-order valence-corrected chi connectivity index (χ2v) is 9.13. The zero-order chi connectivity index (χ0) is 23.5. The third-order valence-corrected chi connectivity index (χ3v) is 6.55. The van der Waals surface area contributed by atoms with Crippen molar-refractivity contribution in [1.82, 2.24) is 25.4 Å². The molecular weight excluding hydrogens is 479 g/mol. The molecule has 0 unspecified atom stereocenters. The number of nitrogens with zero attached hydrogens (tertiary/aromatic N) is 3. The summed E-state index contributed by atoms with van der Waals surface area (Å²) in [6.07, 6.45) is 4.92. The standard InChI is InChI=1S/C23H22ClFN6O2S/c24-16-4-2-5-17(20(16)25)32-15-7-10-23(11-8-15,21-30-31-22(34)33-21)13-14-3-1-6-18(27-14)28-19-9-12-26-29-19/h1-6,9,12,15H,7-8,10-11,13H2,(H,31,34)(H2,26,27,28,29). The quantitative estimate of drug-likeness (QED) is 0.272. The van der Waals surface area contributed by atoms with E-state index in [4.69, 9.17) is 38.0 Å². The Balaban J connectivity index is 1.35. The number of hydrogen-bond donors (Lipinski definition) is 3. The summed E-state index contributed by atoms with van der Waals surface area (Å²) in [6, 6.07) is 12.4. The first-order valence-corrected chi connectivity index (χ1v) is 11.7. The lowest BCUT2D eigenvalue weighted by atomic mass is 9.70. The first-order chi connectivity index (χ1) is 16.5. The number of anilines is 2. The molecular formula is C23H22ClFN6O2S. The van der Waals surface area contributed by atoms with Crippen LogP contribution >= 0.6 is 23.8 Å². The summed E-state index contributed by atoms with van der Waals surface area (Å²) in [5, 5.41) is 17.2. The number of pyridine rings is 1. The molecule has 3 heterocycles. The normalized spacial score (nSPS) is 20.2. The van der Waals surface area contributed by atoms with Crippen molar-refractivity contribution >= 4 is 35.5 Å². The summed E-state index contributed by atoms with van der Waals surface area (Å²) < 4.78 is 26.1. The van der Waals surface area contributed by atoms with Gasteiger partial charge in [-0.1, -0.05) is 23.7 Å². The highest BCUT2D eigenvalue weighted by Crippen LogP contribution is 2.42. The minimum Gasteiger partial charge on any atom is -0.487 e. The maximum atomic E-state index is 14.3. The SMILES string of the molecule is Fc1c(Cl)cccc1OC1CCC(Cc2cccc(Nc3ccn[nH]3)n2)(c2n[nH]c(=S)o2)CC1. The Kier molecular flexibility index (Phi) is 6.34. The predicted molar refractivity (Wildman–Crippen MR) is 127 cm³/mol. The molecule has 3 aromatic heterocycles. The van der Waals surface area contributed by atoms with E-state index in [2.05, 4.69) is 25.7 Å². The van der Waals surface area contributed by atoms with E-state index in [9.17, 15) is 4.39 Å². The van der Waals surface area contributed by atoms with Gasteiger partial charge in [0.2, 0.25) is 5.89 Å². The van der Waals surface area contributed by atoms with Crippen LogP contribution < -0.4 is 10.1 Å². The fourth-order valence-corrected chi connectivity index (χ4v) is 4.69. The number of H-pyrrole nitrogens is 2. The highest BCUT2D eigenvalue weighted by Gasteiger charge is 2.42. The summed E-state index contributed by atoms with van der Waals surface area (Å²) in [5.41, 5.74) is 0.466. The number of hydrogen-bond acceptors (Lipinski definition) is 7. The average Bonchev–Trinajstić information content (AvgIpc) is 3.51. The summed E-state index contributed by atoms with van der Waals surface area (Å²) in [4.78, 5) is 5.00. The number of ether oxygens (including phenoxy) is 1. The largest absolute Gasteiger partial charge is 0.487 e. The van der Waals surface area contributed by atoms with E-state index in [1.165, 1.54) is 6.07 Å². The van der Waals surface area contributed by atoms with Crippen molar-refractivity contribution in [3.8, 4) is 5.75 Å². The van der Waals surface area contributed by atoms with E-state index in [0.717, 1.165) is 11.5 Å². The van der Waals surface area contributed by atoms with Gasteiger partial charge in [0.25, 0.3) is 4.84 Å². The first-order valence-electron chi connectivity index (χ1n) is 10.9. The molecule has 3 N–H and O–H groups in total. The van der Waals surface area contributed by atoms with Crippen LogP contribution in [0.3, 0.4) is 0 Å². The highest BCUT2D eigenvalue weighted by atomic mass is 35.5. The molecule has 34 heavy (non-hydrogen) atoms. The van der Waals surface area contributed by atoms with E-state index < -0.39 is 11.2 Å². The zero-order valence-electron chi connectivity index (χ0n) is 18.1. The molecule has 0 saturated heterocycles. The maximum absolute atomic E-state index is 14.3. The van der Waals surface area contributed by atoms with Crippen LogP contribution in [-0.2, 0) is 11.8 Å². The second-order valence-electron chi connectivity index (χ2n) is 8.35. The molecule has 5 rings (SSSR count). The molecule has 8 nitrogen and oxygen atoms in total. The van der Waals surface area contributed by atoms with Crippen LogP contribution in [-0.4, -0.2) is 31.5 Å². The molecule has 0 atom stereocenters. The molecule has 0 aliphatic heterocycles. The molecule has 0 bridgehead atoms. The van der Waals surface area contributed by atoms with Gasteiger partial charge >= 0.3 is 0 Å². The summed E-state index contributed by atoms with van der Waals surface area (Å²) in [7, 11) is 0. The Labute approximate surface area is 204 Å². The van der Waals surface area contributed by atoms with E-state index in [-0.39, 0.29) is 21.7 Å². The van der Waals surface area contributed by atoms with Crippen molar-refractivity contribution in [3.05, 3.63) is 75.9 Å². The number of aromatic nitrogens is 5. The molecule has 1 aliphatic rings. The van der Waals surface area contributed by atoms with Crippen molar-refractivity contribution in [2.75, 3.05) is 5.32 Å². The van der Waals surface area contributed by atoms with Crippen LogP contribution in [0.15, 0.2) is 53.1 Å². The van der Waals surface area contributed by atoms with E-state index in [1.807, 2.05) is 24.3 Å². The molecule has 1 aromatic carbocycles. The fourth-order valence-electron chi connectivity index (χ4n) is 4.40. The van der Waals surface area contributed by atoms with Crippen LogP contribution in [0.2, 0.25) is 5.02 Å². The van der Waals surface area contributed by atoms with Gasteiger partial charge in [-0.2, -0.15) is 5.10 Å². The number of aromatic amines is 2. The van der Waals surface area contributed by atoms with Crippen molar-refractivity contribution in [2.45, 2.75) is 43.6 Å². The van der Waals surface area contributed by atoms with Gasteiger partial charge in [0, 0.05) is 18.2 Å². The van der Waals surface area contributed by atoms with Crippen LogP contribution in [0, 0.1) is 10.7 Å². The van der Waals surface area contributed by atoms with E-state index >= 15 is 0 Å². The monoisotopic (exact) mass is 500 g/mol. The third kappa shape index (κ3) is 4.83. The molecule has 0 amide bonds. The molecule has 0 radical (unpaired) electrons. The van der Waals surface area contributed by atoms with Crippen molar-refractivity contribution in [2.24, 2.45) is 0 Å². The third-order valence-electron chi connectivity index (χ3n) is 6.08. The fraction of sp³-hybridized carbons (Fsp3) is 0.304. The molecule has 4 aromatic rings. The smallest absolute Gasteiger partial charge is 0.284 e. The van der Waals surface area contributed by atoms with Crippen molar-refractivity contribution in [1.29, 1.82) is 0 Å². The van der Waals surface area contributed by atoms with Gasteiger partial charge in [-0.3, -0.25) is 5.10 Å². The van der Waals surface area contributed by atoms with Gasteiger partial charge in [-0.15, -0.1) is 5.10 Å². The molecule has 0 spiro atoms. The summed E-state index contributed by atoms with van der Waals surface area (Å²) in [6.45, 7) is 0. The molecule has 11 heteroatoms. The summed E-state index contributed by atoms with van der Waals surface area (Å²) in [5.74, 6) is 1.64. The molecule has 1 aliphatic carbocycles. The lowest BCUT2D eigenvalue weighted by molar-refractivity contribution is 0.0993. The topological polar surface area (TPSA) is 105 Å². The van der Waals surface area contributed by atoms with Crippen molar-refractivity contribution < 1.29 is 13.5 Å². The Morgan fingerprint density at radius 3 is 2.74 bits per heavy atom. The van der Waals surface area contributed by atoms with Gasteiger partial charge < -0.3 is 14.5 Å². The Morgan fingerprint density at radius 1 is 1.18 bits per heavy atom. The zero-order valence-corrected chi connectivity index (χ0v) is 19.6. The summed E-state index contributed by atoms with van der Waals surface area (Å²) >= 11 is 11.0. The minimum atomic E-state index is -0.537. The maximum Gasteiger partial charge on any atom is 0.284 e. The Bertz CT molecular complexity index is 1320. The van der Waals surface area contributed by atoms with E-state index in [0.29, 0.717) is 43.8 Å². The van der Waals surface area contributed by atoms with Crippen LogP contribution in [0.25, 0.3) is 0 Å². The molecule has 1 saturated carbocycles. The van der Waals surface area contributed by atoms with Gasteiger partial charge in [0.1, 0.15) is 11.6 Å². The van der Waals surface area contributed by atoms with Crippen LogP contribution in [0.4, 0.5) is 16.0 Å². The van der Waals surface area contributed by atoms with E-state index in [1.54, 1.807) is 18.3 Å². The first kappa shape index (κ1) is 22.5. The average molecular weight is 501 g/mol. The van der Waals surface area contributed by atoms with Crippen LogP contribution in [0.5, 0.6) is 5.75 Å². The number of rotatable bonds is 7. The number of benzene rings is 1. The minimum absolute atomic E-state index is 0.0469. The Hall–Kier alpha value is -3.24. The van der Waals surface area contributed by atoms with Gasteiger partial charge in [0.05, 0.1) is 22.7 Å². The number of halogens is 2. The van der Waals surface area contributed by atoms with Crippen LogP contribution in [0.1, 0.15) is 37.3 Å². The second kappa shape index (κ2) is 9.55. The lowest BCUT2D eigenvalue weighted by Gasteiger charge is -2.37. The Morgan fingerprint density at radius 2 is 2.00 bits per heavy atom. The van der Waals surface area contributed by atoms with Gasteiger partial charge in [0.15, 0.2) is 11.6 Å². The lowest BCUT2D eigenvalue weighted by Crippen LogP contribution is -2.38. The predicted octanol–water partition coefficient (Wildman–Crippen LogP) is 5.89. The number of nitrogens with one attached hydrogen (secondary N) is 3. The van der Waals surface area contributed by atoms with Gasteiger partial charge in [-0.25, -0.2) is 14.5 Å². The molecule has 176 valence electrons. The van der Waals surface area contributed by atoms with Crippen molar-refractivity contribution in [3.63, 3.8) is 0 Å².